The molecule has 0 aromatic heterocycles. The van der Waals surface area contributed by atoms with E-state index in [0.29, 0.717) is 6.61 Å². The van der Waals surface area contributed by atoms with Crippen LogP contribution in [0.5, 0.6) is 0 Å². The molecule has 9 rings (SSSR count). The van der Waals surface area contributed by atoms with Crippen LogP contribution in [-0.4, -0.2) is 12.5 Å². The molecule has 0 saturated heterocycles. The minimum absolute atomic E-state index is 0. The topological polar surface area (TPSA) is 21.6 Å². The molecule has 3 aliphatic rings. The molecule has 6 aromatic carbocycles. The van der Waals surface area contributed by atoms with Gasteiger partial charge in [-0.1, -0.05) is 182 Å². The first-order valence-electron chi connectivity index (χ1n) is 18.2. The van der Waals surface area contributed by atoms with Gasteiger partial charge in [-0.3, -0.25) is 0 Å². The Morgan fingerprint density at radius 1 is 0.456 bits per heavy atom. The molecule has 10 radical (unpaired) electrons. The fourth-order valence-electron chi connectivity index (χ4n) is 6.23. The summed E-state index contributed by atoms with van der Waals surface area (Å²) in [6.45, 7) is 0.596. The van der Waals surface area contributed by atoms with Crippen LogP contribution in [0.15, 0.2) is 187 Å². The van der Waals surface area contributed by atoms with Gasteiger partial charge in [0.2, 0.25) is 0 Å². The molecule has 57 heavy (non-hydrogen) atoms. The predicted molar refractivity (Wildman–Crippen MR) is 239 cm³/mol. The summed E-state index contributed by atoms with van der Waals surface area (Å²) in [5.41, 5.74) is 2.49. The number of hydrogen-bond acceptors (Lipinski definition) is 2. The predicted octanol–water partition coefficient (Wildman–Crippen LogP) is 10.9. The zero-order valence-electron chi connectivity index (χ0n) is 30.9. The quantitative estimate of drug-likeness (QED) is 0.110. The first kappa shape index (κ1) is 45.5. The Morgan fingerprint density at radius 2 is 0.789 bits per heavy atom. The van der Waals surface area contributed by atoms with Crippen molar-refractivity contribution in [2.24, 2.45) is 4.99 Å². The van der Waals surface area contributed by atoms with Gasteiger partial charge in [-0.05, 0) is 99.3 Å². The van der Waals surface area contributed by atoms with Crippen molar-refractivity contribution >= 4 is 67.6 Å². The smallest absolute Gasteiger partial charge is 0.0622 e. The third-order valence-electron chi connectivity index (χ3n) is 8.73. The van der Waals surface area contributed by atoms with Gasteiger partial charge >= 0.3 is 51.6 Å². The van der Waals surface area contributed by atoms with Gasteiger partial charge < -0.3 is 4.74 Å². The standard InChI is InChI=1S/C26H21NOP.C18H15P.C5H5.2ClH.Fe.Ru/c1-4-11-20(12-5-1)24-19-28-26(27-24)23-17-10-18-25(23)29(21-13-6-2-7-14-21)22-15-8-3-9-16-22;1-4-10-16(11-5-1)19(17-12-6-2-7-13-17)18-14-8-3-9-15-18;1-2-4-5-3-1;;;;/h1-18,24H,19H2;1-15H;1-5H;2*1H;;/q;;;;;2*+2/p-2/t24-;;;;;;/m1....../s1. The second kappa shape index (κ2) is 25.8. The Balaban J connectivity index is 0.000000190. The van der Waals surface area contributed by atoms with Crippen LogP contribution < -0.4 is 26.5 Å². The molecule has 2 fully saturated rings. The molecule has 2 aliphatic carbocycles. The van der Waals surface area contributed by atoms with E-state index in [1.165, 1.54) is 37.7 Å². The van der Waals surface area contributed by atoms with Crippen molar-refractivity contribution in [1.29, 1.82) is 0 Å². The van der Waals surface area contributed by atoms with Crippen LogP contribution in [0.4, 0.5) is 0 Å². The van der Waals surface area contributed by atoms with Crippen LogP contribution in [-0.2, 0) is 37.0 Å². The maximum Gasteiger partial charge on any atom is 2.00 e. The molecule has 0 amide bonds. The van der Waals surface area contributed by atoms with E-state index in [4.69, 9.17) is 29.1 Å². The van der Waals surface area contributed by atoms with Crippen LogP contribution in [0.1, 0.15) is 11.6 Å². The van der Waals surface area contributed by atoms with Crippen molar-refractivity contribution in [3.63, 3.8) is 0 Å². The fourth-order valence-corrected chi connectivity index (χ4v) is 11.0. The molecule has 0 unspecified atom stereocenters. The molecule has 2 nitrogen and oxygen atoms in total. The summed E-state index contributed by atoms with van der Waals surface area (Å²) in [6.07, 6.45) is 16.5. The minimum atomic E-state index is -0.675. The Kier molecular flexibility index (Phi) is 20.6. The molecule has 6 aromatic rings. The second-order valence-corrected chi connectivity index (χ2v) is 19.4. The molecule has 1 aliphatic heterocycles. The fraction of sp³-hybridized carbons (Fsp3) is 0.0408. The summed E-state index contributed by atoms with van der Waals surface area (Å²) in [6, 6.07) is 64.3. The molecule has 286 valence electrons. The molecule has 0 spiro atoms. The van der Waals surface area contributed by atoms with Gasteiger partial charge in [0.1, 0.15) is 12.6 Å². The van der Waals surface area contributed by atoms with E-state index < -0.39 is 15.8 Å². The average molecular weight is 950 g/mol. The van der Waals surface area contributed by atoms with Crippen molar-refractivity contribution in [3.8, 4) is 0 Å². The molecule has 0 bridgehead atoms. The molecule has 1 atom stereocenters. The van der Waals surface area contributed by atoms with Crippen LogP contribution in [0, 0.1) is 62.9 Å². The largest absolute Gasteiger partial charge is 2.00 e. The van der Waals surface area contributed by atoms with E-state index in [-0.39, 0.29) is 38.3 Å². The van der Waals surface area contributed by atoms with Gasteiger partial charge in [-0.25, -0.2) is 4.99 Å². The summed E-state index contributed by atoms with van der Waals surface area (Å²) >= 11 is -0.346. The summed E-state index contributed by atoms with van der Waals surface area (Å²) in [4.78, 5) is 4.94. The van der Waals surface area contributed by atoms with Gasteiger partial charge in [-0.2, -0.15) is 0 Å². The average Bonchev–Trinajstić information content (AvgIpc) is 4.10. The van der Waals surface area contributed by atoms with Crippen LogP contribution >= 0.6 is 35.2 Å². The van der Waals surface area contributed by atoms with E-state index in [2.05, 4.69) is 195 Å². The first-order chi connectivity index (χ1) is 27.8. The van der Waals surface area contributed by atoms with E-state index in [1.54, 1.807) is 0 Å². The Bertz CT molecular complexity index is 1840. The SMILES string of the molecule is [CH]1[CH][CH][CH][CH]1.[CH]1[CH][C](C2=N[C@@H](c3ccccc3)CO2)[C](P(c2ccccc2)c2ccccc2)[CH]1.[Cl][Ru][Cl].[Fe+2].c1ccc(P(c2ccccc2)c2ccccc2)cc1. The van der Waals surface area contributed by atoms with Gasteiger partial charge in [0.05, 0.1) is 5.92 Å². The number of aliphatic imine (C=N–C) groups is 1. The molecule has 2 saturated carbocycles. The normalized spacial score (nSPS) is 16.2. The van der Waals surface area contributed by atoms with Crippen molar-refractivity contribution in [3.05, 3.63) is 250 Å². The van der Waals surface area contributed by atoms with Crippen LogP contribution in [0.3, 0.4) is 0 Å². The number of benzene rings is 6. The summed E-state index contributed by atoms with van der Waals surface area (Å²) in [7, 11) is 8.59. The van der Waals surface area contributed by atoms with Gasteiger partial charge in [0.15, 0.2) is 5.90 Å². The van der Waals surface area contributed by atoms with E-state index in [1.807, 2.05) is 38.2 Å². The number of rotatable bonds is 8. The third-order valence-corrected chi connectivity index (χ3v) is 13.7. The van der Waals surface area contributed by atoms with Crippen LogP contribution in [0.2, 0.25) is 0 Å². The molecule has 8 heteroatoms. The Morgan fingerprint density at radius 3 is 1.16 bits per heavy atom. The van der Waals surface area contributed by atoms with Gasteiger partial charge in [0.25, 0.3) is 0 Å². The number of halogens is 2. The van der Waals surface area contributed by atoms with E-state index >= 15 is 0 Å². The number of ether oxygens (including phenoxy) is 1. The van der Waals surface area contributed by atoms with E-state index in [9.17, 15) is 0 Å². The summed E-state index contributed by atoms with van der Waals surface area (Å²) in [5, 5.41) is 6.86. The third kappa shape index (κ3) is 13.7. The van der Waals surface area contributed by atoms with Gasteiger partial charge in [-0.15, -0.1) is 0 Å². The number of nitrogens with zero attached hydrogens (tertiary/aromatic N) is 1. The molecule has 0 N–H and O–H groups in total. The van der Waals surface area contributed by atoms with E-state index in [0.717, 1.165) is 11.8 Å². The van der Waals surface area contributed by atoms with Crippen molar-refractivity contribution < 1.29 is 37.0 Å². The monoisotopic (exact) mass is 949 g/mol. The first-order valence-corrected chi connectivity index (χ1v) is 25.3. The zero-order chi connectivity index (χ0) is 38.6. The van der Waals surface area contributed by atoms with Gasteiger partial charge in [0, 0.05) is 5.66 Å². The molecular formula is C49H41Cl2FeNOP2Ru+2. The second-order valence-electron chi connectivity index (χ2n) is 12.4. The maximum absolute atomic E-state index is 6.09. The van der Waals surface area contributed by atoms with Crippen molar-refractivity contribution in [1.82, 2.24) is 0 Å². The maximum atomic E-state index is 6.09. The Labute approximate surface area is 369 Å². The summed E-state index contributed by atoms with van der Waals surface area (Å²) in [5.74, 6) is 1.88. The molecule has 1 heterocycles. The van der Waals surface area contributed by atoms with Crippen molar-refractivity contribution in [2.75, 3.05) is 6.61 Å². The zero-order valence-corrected chi connectivity index (χ0v) is 37.1. The summed E-state index contributed by atoms with van der Waals surface area (Å²) < 4.78 is 6.09. The minimum Gasteiger partial charge on any atom is -0.0622 e. The number of hydrogen-bond donors (Lipinski definition) is 0. The van der Waals surface area contributed by atoms with Crippen LogP contribution in [0.25, 0.3) is 0 Å². The van der Waals surface area contributed by atoms with Crippen molar-refractivity contribution in [2.45, 2.75) is 6.04 Å². The Hall–Kier alpha value is -2.63. The molecular weight excluding hydrogens is 908 g/mol.